The summed E-state index contributed by atoms with van der Waals surface area (Å²) in [6.45, 7) is 5.83. The van der Waals surface area contributed by atoms with E-state index < -0.39 is 0 Å². The SMILES string of the molecule is CC1CN(c2cccc(N)n2)C(C)CO1. The molecule has 1 aliphatic rings. The fourth-order valence-corrected chi connectivity index (χ4v) is 1.82. The van der Waals surface area contributed by atoms with Crippen LogP contribution in [0.5, 0.6) is 0 Å². The predicted octanol–water partition coefficient (Wildman–Crippen LogP) is 1.28. The lowest BCUT2D eigenvalue weighted by Crippen LogP contribution is -2.47. The van der Waals surface area contributed by atoms with Gasteiger partial charge in [-0.3, -0.25) is 0 Å². The van der Waals surface area contributed by atoms with Gasteiger partial charge in [0.2, 0.25) is 0 Å². The number of anilines is 2. The maximum atomic E-state index is 5.68. The van der Waals surface area contributed by atoms with Gasteiger partial charge in [-0.1, -0.05) is 6.07 Å². The van der Waals surface area contributed by atoms with Crippen molar-refractivity contribution in [1.82, 2.24) is 4.98 Å². The molecule has 2 unspecified atom stereocenters. The number of morpholine rings is 1. The number of ether oxygens (including phenoxy) is 1. The average molecular weight is 207 g/mol. The highest BCUT2D eigenvalue weighted by molar-refractivity contribution is 5.46. The summed E-state index contributed by atoms with van der Waals surface area (Å²) < 4.78 is 5.57. The number of pyridine rings is 1. The molecule has 1 fully saturated rings. The van der Waals surface area contributed by atoms with Crippen LogP contribution in [0.25, 0.3) is 0 Å². The minimum Gasteiger partial charge on any atom is -0.384 e. The molecule has 4 nitrogen and oxygen atoms in total. The Labute approximate surface area is 90.0 Å². The van der Waals surface area contributed by atoms with Crippen molar-refractivity contribution < 1.29 is 4.74 Å². The zero-order valence-corrected chi connectivity index (χ0v) is 9.18. The number of nitrogens with two attached hydrogens (primary N) is 1. The lowest BCUT2D eigenvalue weighted by molar-refractivity contribution is 0.0340. The van der Waals surface area contributed by atoms with E-state index in [0.717, 1.165) is 19.0 Å². The summed E-state index contributed by atoms with van der Waals surface area (Å²) in [7, 11) is 0. The van der Waals surface area contributed by atoms with Crippen LogP contribution < -0.4 is 10.6 Å². The molecule has 0 aromatic carbocycles. The van der Waals surface area contributed by atoms with Gasteiger partial charge < -0.3 is 15.4 Å². The van der Waals surface area contributed by atoms with E-state index >= 15 is 0 Å². The highest BCUT2D eigenvalue weighted by Crippen LogP contribution is 2.20. The van der Waals surface area contributed by atoms with Crippen LogP contribution in [0.15, 0.2) is 18.2 Å². The largest absolute Gasteiger partial charge is 0.384 e. The molecule has 2 atom stereocenters. The Balaban J connectivity index is 2.21. The number of hydrogen-bond acceptors (Lipinski definition) is 4. The number of nitrogen functional groups attached to an aromatic ring is 1. The van der Waals surface area contributed by atoms with Crippen molar-refractivity contribution in [3.63, 3.8) is 0 Å². The summed E-state index contributed by atoms with van der Waals surface area (Å²) in [4.78, 5) is 6.57. The van der Waals surface area contributed by atoms with Crippen molar-refractivity contribution in [2.45, 2.75) is 26.0 Å². The van der Waals surface area contributed by atoms with Gasteiger partial charge in [0.15, 0.2) is 0 Å². The molecule has 2 heterocycles. The van der Waals surface area contributed by atoms with Gasteiger partial charge in [0.25, 0.3) is 0 Å². The summed E-state index contributed by atoms with van der Waals surface area (Å²) in [5, 5.41) is 0. The summed E-state index contributed by atoms with van der Waals surface area (Å²) in [5.41, 5.74) is 5.68. The van der Waals surface area contributed by atoms with E-state index in [1.54, 1.807) is 6.07 Å². The first-order valence-corrected chi connectivity index (χ1v) is 5.27. The molecule has 1 aromatic rings. The molecule has 1 saturated heterocycles. The normalized spacial score (nSPS) is 26.7. The number of hydrogen-bond donors (Lipinski definition) is 1. The lowest BCUT2D eigenvalue weighted by atomic mass is 10.2. The third kappa shape index (κ3) is 2.21. The summed E-state index contributed by atoms with van der Waals surface area (Å²) in [5.74, 6) is 1.51. The fourth-order valence-electron chi connectivity index (χ4n) is 1.82. The lowest BCUT2D eigenvalue weighted by Gasteiger charge is -2.37. The van der Waals surface area contributed by atoms with E-state index in [0.29, 0.717) is 11.9 Å². The van der Waals surface area contributed by atoms with Gasteiger partial charge in [-0.05, 0) is 26.0 Å². The Hall–Kier alpha value is -1.29. The molecule has 15 heavy (non-hydrogen) atoms. The van der Waals surface area contributed by atoms with Crippen molar-refractivity contribution in [2.24, 2.45) is 0 Å². The Morgan fingerprint density at radius 2 is 2.27 bits per heavy atom. The van der Waals surface area contributed by atoms with Gasteiger partial charge >= 0.3 is 0 Å². The van der Waals surface area contributed by atoms with Crippen LogP contribution in [0.2, 0.25) is 0 Å². The third-order valence-corrected chi connectivity index (χ3v) is 2.66. The first-order valence-electron chi connectivity index (χ1n) is 5.27. The van der Waals surface area contributed by atoms with Gasteiger partial charge in [0.05, 0.1) is 18.8 Å². The second-order valence-corrected chi connectivity index (χ2v) is 4.07. The fraction of sp³-hybridized carbons (Fsp3) is 0.545. The highest BCUT2D eigenvalue weighted by atomic mass is 16.5. The standard InChI is InChI=1S/C11H17N3O/c1-8-7-15-9(2)6-14(8)11-5-3-4-10(12)13-11/h3-5,8-9H,6-7H2,1-2H3,(H2,12,13). The van der Waals surface area contributed by atoms with E-state index in [1.165, 1.54) is 0 Å². The van der Waals surface area contributed by atoms with E-state index in [1.807, 2.05) is 12.1 Å². The number of nitrogens with zero attached hydrogens (tertiary/aromatic N) is 2. The minimum atomic E-state index is 0.254. The van der Waals surface area contributed by atoms with Crippen LogP contribution in [-0.4, -0.2) is 30.3 Å². The van der Waals surface area contributed by atoms with Crippen LogP contribution >= 0.6 is 0 Å². The van der Waals surface area contributed by atoms with Crippen molar-refractivity contribution >= 4 is 11.6 Å². The van der Waals surface area contributed by atoms with Gasteiger partial charge in [-0.2, -0.15) is 0 Å². The Morgan fingerprint density at radius 1 is 1.47 bits per heavy atom. The topological polar surface area (TPSA) is 51.4 Å². The van der Waals surface area contributed by atoms with Gasteiger partial charge in [0, 0.05) is 6.54 Å². The predicted molar refractivity (Wildman–Crippen MR) is 60.9 cm³/mol. The molecule has 0 amide bonds. The molecule has 1 aromatic heterocycles. The van der Waals surface area contributed by atoms with E-state index in [-0.39, 0.29) is 6.10 Å². The second kappa shape index (κ2) is 4.06. The van der Waals surface area contributed by atoms with Gasteiger partial charge in [-0.15, -0.1) is 0 Å². The van der Waals surface area contributed by atoms with Gasteiger partial charge in [0.1, 0.15) is 11.6 Å². The molecule has 82 valence electrons. The van der Waals surface area contributed by atoms with Gasteiger partial charge in [-0.25, -0.2) is 4.98 Å². The Bertz CT molecular complexity index is 342. The van der Waals surface area contributed by atoms with Crippen molar-refractivity contribution in [2.75, 3.05) is 23.8 Å². The Morgan fingerprint density at radius 3 is 3.00 bits per heavy atom. The first-order chi connectivity index (χ1) is 7.16. The van der Waals surface area contributed by atoms with E-state index in [4.69, 9.17) is 10.5 Å². The number of aromatic nitrogens is 1. The summed E-state index contributed by atoms with van der Waals surface area (Å²) in [6.07, 6.45) is 0.254. The smallest absolute Gasteiger partial charge is 0.131 e. The monoisotopic (exact) mass is 207 g/mol. The van der Waals surface area contributed by atoms with Crippen LogP contribution in [0.4, 0.5) is 11.6 Å². The summed E-state index contributed by atoms with van der Waals surface area (Å²) in [6, 6.07) is 6.09. The third-order valence-electron chi connectivity index (χ3n) is 2.66. The molecular weight excluding hydrogens is 190 g/mol. The van der Waals surface area contributed by atoms with Crippen LogP contribution in [0.3, 0.4) is 0 Å². The van der Waals surface area contributed by atoms with Crippen LogP contribution in [0, 0.1) is 0 Å². The molecule has 2 N–H and O–H groups in total. The number of rotatable bonds is 1. The summed E-state index contributed by atoms with van der Waals surface area (Å²) >= 11 is 0. The molecule has 0 saturated carbocycles. The molecule has 0 aliphatic carbocycles. The van der Waals surface area contributed by atoms with Crippen molar-refractivity contribution in [3.8, 4) is 0 Å². The molecule has 0 bridgehead atoms. The maximum absolute atomic E-state index is 5.68. The second-order valence-electron chi connectivity index (χ2n) is 4.07. The quantitative estimate of drug-likeness (QED) is 0.753. The molecule has 0 radical (unpaired) electrons. The molecule has 4 heteroatoms. The molecular formula is C11H17N3O. The van der Waals surface area contributed by atoms with Crippen LogP contribution in [-0.2, 0) is 4.74 Å². The average Bonchev–Trinajstić information content (AvgIpc) is 2.22. The molecule has 0 spiro atoms. The highest BCUT2D eigenvalue weighted by Gasteiger charge is 2.24. The molecule has 2 rings (SSSR count). The van der Waals surface area contributed by atoms with Crippen molar-refractivity contribution in [1.29, 1.82) is 0 Å². The zero-order chi connectivity index (χ0) is 10.8. The maximum Gasteiger partial charge on any atom is 0.131 e. The van der Waals surface area contributed by atoms with Crippen LogP contribution in [0.1, 0.15) is 13.8 Å². The van der Waals surface area contributed by atoms with E-state index in [9.17, 15) is 0 Å². The minimum absolute atomic E-state index is 0.254. The van der Waals surface area contributed by atoms with Crippen molar-refractivity contribution in [3.05, 3.63) is 18.2 Å². The Kier molecular flexibility index (Phi) is 2.77. The zero-order valence-electron chi connectivity index (χ0n) is 9.18. The first kappa shape index (κ1) is 10.2. The molecule has 1 aliphatic heterocycles. The van der Waals surface area contributed by atoms with E-state index in [2.05, 4.69) is 23.7 Å².